The van der Waals surface area contributed by atoms with Gasteiger partial charge in [-0.15, -0.1) is 0 Å². The largest absolute Gasteiger partial charge is 0.494 e. The Hall–Kier alpha value is -2.58. The lowest BCUT2D eigenvalue weighted by molar-refractivity contribution is -0.901. The van der Waals surface area contributed by atoms with E-state index in [-0.39, 0.29) is 18.0 Å². The second-order valence-corrected chi connectivity index (χ2v) is 6.42. The summed E-state index contributed by atoms with van der Waals surface area (Å²) < 4.78 is 1.33. The Morgan fingerprint density at radius 1 is 1.25 bits per heavy atom. The fourth-order valence-electron chi connectivity index (χ4n) is 3.43. The molecule has 1 aliphatic heterocycles. The van der Waals surface area contributed by atoms with Crippen LogP contribution in [-0.2, 0) is 13.1 Å². The monoisotopic (exact) mass is 324 g/mol. The van der Waals surface area contributed by atoms with Gasteiger partial charge in [-0.1, -0.05) is 30.3 Å². The quantitative estimate of drug-likeness (QED) is 0.880. The SMILES string of the molecule is Cc1c(C[NH+]2CCCC2)c(O)n(Cc2ccccc2)c(=O)c1C#N. The Kier molecular flexibility index (Phi) is 4.68. The minimum absolute atomic E-state index is 0.000229. The molecule has 1 aromatic heterocycles. The lowest BCUT2D eigenvalue weighted by atomic mass is 10.0. The fraction of sp³-hybridized carbons (Fsp3) is 0.368. The minimum atomic E-state index is -0.420. The van der Waals surface area contributed by atoms with Gasteiger partial charge in [-0.3, -0.25) is 9.36 Å². The first-order valence-electron chi connectivity index (χ1n) is 8.34. The standard InChI is InChI=1S/C19H21N3O2/c1-14-16(11-20)18(23)22(12-15-7-3-2-4-8-15)19(24)17(14)13-21-9-5-6-10-21/h2-4,7-8,24H,5-6,9-10,12-13H2,1H3/p+1. The second kappa shape index (κ2) is 6.90. The first-order valence-corrected chi connectivity index (χ1v) is 8.34. The van der Waals surface area contributed by atoms with Gasteiger partial charge in [-0.25, -0.2) is 0 Å². The number of nitrogens with one attached hydrogen (secondary N) is 1. The van der Waals surface area contributed by atoms with E-state index >= 15 is 0 Å². The average molecular weight is 324 g/mol. The smallest absolute Gasteiger partial charge is 0.271 e. The Bertz CT molecular complexity index is 828. The van der Waals surface area contributed by atoms with Crippen molar-refractivity contribution in [2.45, 2.75) is 32.9 Å². The van der Waals surface area contributed by atoms with Crippen molar-refractivity contribution in [1.29, 1.82) is 5.26 Å². The van der Waals surface area contributed by atoms with Gasteiger partial charge in [0.1, 0.15) is 18.2 Å². The molecule has 0 saturated carbocycles. The van der Waals surface area contributed by atoms with E-state index in [0.717, 1.165) is 24.2 Å². The van der Waals surface area contributed by atoms with Crippen LogP contribution >= 0.6 is 0 Å². The molecule has 0 amide bonds. The molecule has 124 valence electrons. The highest BCUT2D eigenvalue weighted by Gasteiger charge is 2.24. The number of nitriles is 1. The van der Waals surface area contributed by atoms with Crippen molar-refractivity contribution in [2.24, 2.45) is 0 Å². The summed E-state index contributed by atoms with van der Waals surface area (Å²) >= 11 is 0. The van der Waals surface area contributed by atoms with Gasteiger partial charge in [0.15, 0.2) is 0 Å². The number of hydrogen-bond acceptors (Lipinski definition) is 3. The van der Waals surface area contributed by atoms with Gasteiger partial charge in [-0.2, -0.15) is 5.26 Å². The zero-order chi connectivity index (χ0) is 17.1. The fourth-order valence-corrected chi connectivity index (χ4v) is 3.43. The molecule has 2 N–H and O–H groups in total. The lowest BCUT2D eigenvalue weighted by Crippen LogP contribution is -3.08. The molecule has 1 aromatic carbocycles. The number of aromatic nitrogens is 1. The molecule has 0 spiro atoms. The first-order chi connectivity index (χ1) is 11.6. The summed E-state index contributed by atoms with van der Waals surface area (Å²) in [5.74, 6) is -0.000229. The van der Waals surface area contributed by atoms with Crippen molar-refractivity contribution in [2.75, 3.05) is 13.1 Å². The van der Waals surface area contributed by atoms with Crippen LogP contribution in [0.1, 0.15) is 35.1 Å². The van der Waals surface area contributed by atoms with E-state index in [2.05, 4.69) is 0 Å². The predicted molar refractivity (Wildman–Crippen MR) is 91.0 cm³/mol. The number of hydrogen-bond donors (Lipinski definition) is 2. The van der Waals surface area contributed by atoms with Gasteiger partial charge < -0.3 is 10.0 Å². The molecule has 1 saturated heterocycles. The summed E-state index contributed by atoms with van der Waals surface area (Å²) in [6, 6.07) is 11.5. The highest BCUT2D eigenvalue weighted by atomic mass is 16.3. The summed E-state index contributed by atoms with van der Waals surface area (Å²) in [6.45, 7) is 4.82. The number of quaternary nitrogens is 1. The lowest BCUT2D eigenvalue weighted by Gasteiger charge is -2.19. The number of likely N-dealkylation sites (tertiary alicyclic amines) is 1. The first kappa shape index (κ1) is 16.3. The third-order valence-corrected chi connectivity index (χ3v) is 4.85. The van der Waals surface area contributed by atoms with Crippen LogP contribution in [0.15, 0.2) is 35.1 Å². The molecule has 1 aliphatic rings. The number of aromatic hydroxyl groups is 1. The van der Waals surface area contributed by atoms with Crippen molar-refractivity contribution in [3.63, 3.8) is 0 Å². The molecule has 3 rings (SSSR count). The molecule has 24 heavy (non-hydrogen) atoms. The molecule has 0 aliphatic carbocycles. The van der Waals surface area contributed by atoms with Crippen molar-refractivity contribution >= 4 is 0 Å². The Labute approximate surface area is 141 Å². The number of rotatable bonds is 4. The van der Waals surface area contributed by atoms with E-state index in [9.17, 15) is 15.2 Å². The average Bonchev–Trinajstić information content (AvgIpc) is 3.10. The van der Waals surface area contributed by atoms with Gasteiger partial charge >= 0.3 is 0 Å². The molecule has 0 atom stereocenters. The molecule has 0 unspecified atom stereocenters. The zero-order valence-electron chi connectivity index (χ0n) is 13.9. The van der Waals surface area contributed by atoms with Crippen LogP contribution in [0.2, 0.25) is 0 Å². The molecule has 0 radical (unpaired) electrons. The maximum absolute atomic E-state index is 12.6. The van der Waals surface area contributed by atoms with E-state index in [0.29, 0.717) is 12.1 Å². The third-order valence-electron chi connectivity index (χ3n) is 4.85. The normalized spacial score (nSPS) is 14.7. The predicted octanol–water partition coefficient (Wildman–Crippen LogP) is 0.961. The van der Waals surface area contributed by atoms with Crippen molar-refractivity contribution in [3.05, 3.63) is 62.9 Å². The minimum Gasteiger partial charge on any atom is -0.494 e. The van der Waals surface area contributed by atoms with Crippen LogP contribution in [0, 0.1) is 18.3 Å². The zero-order valence-corrected chi connectivity index (χ0v) is 13.9. The number of nitrogens with zero attached hydrogens (tertiary/aromatic N) is 2. The van der Waals surface area contributed by atoms with Gasteiger partial charge in [-0.05, 0) is 18.1 Å². The highest BCUT2D eigenvalue weighted by molar-refractivity contribution is 5.45. The highest BCUT2D eigenvalue weighted by Crippen LogP contribution is 2.22. The van der Waals surface area contributed by atoms with Crippen molar-refractivity contribution in [3.8, 4) is 11.9 Å². The van der Waals surface area contributed by atoms with Gasteiger partial charge in [0.2, 0.25) is 5.88 Å². The van der Waals surface area contributed by atoms with Crippen LogP contribution in [0.4, 0.5) is 0 Å². The third kappa shape index (κ3) is 3.06. The van der Waals surface area contributed by atoms with Crippen LogP contribution in [0.5, 0.6) is 5.88 Å². The maximum atomic E-state index is 12.6. The summed E-state index contributed by atoms with van der Waals surface area (Å²) in [5.41, 5.74) is 1.97. The molecule has 2 heterocycles. The molecular weight excluding hydrogens is 302 g/mol. The summed E-state index contributed by atoms with van der Waals surface area (Å²) in [6.07, 6.45) is 2.37. The Balaban J connectivity index is 2.07. The maximum Gasteiger partial charge on any atom is 0.271 e. The van der Waals surface area contributed by atoms with Crippen LogP contribution in [0.25, 0.3) is 0 Å². The molecular formula is C19H22N3O2+. The van der Waals surface area contributed by atoms with E-state index in [1.54, 1.807) is 6.92 Å². The van der Waals surface area contributed by atoms with Crippen LogP contribution in [0.3, 0.4) is 0 Å². The Morgan fingerprint density at radius 2 is 1.92 bits per heavy atom. The van der Waals surface area contributed by atoms with Crippen LogP contribution in [-0.4, -0.2) is 22.8 Å². The summed E-state index contributed by atoms with van der Waals surface area (Å²) in [5, 5.41) is 20.1. The van der Waals surface area contributed by atoms with Crippen molar-refractivity contribution < 1.29 is 10.0 Å². The van der Waals surface area contributed by atoms with E-state index in [4.69, 9.17) is 0 Å². The van der Waals surface area contributed by atoms with E-state index in [1.807, 2.05) is 36.4 Å². The van der Waals surface area contributed by atoms with E-state index in [1.165, 1.54) is 22.3 Å². The topological polar surface area (TPSA) is 70.5 Å². The van der Waals surface area contributed by atoms with Gasteiger partial charge in [0.05, 0.1) is 25.2 Å². The van der Waals surface area contributed by atoms with Gasteiger partial charge in [0, 0.05) is 12.8 Å². The summed E-state index contributed by atoms with van der Waals surface area (Å²) in [4.78, 5) is 14.0. The van der Waals surface area contributed by atoms with Gasteiger partial charge in [0.25, 0.3) is 5.56 Å². The molecule has 0 bridgehead atoms. The second-order valence-electron chi connectivity index (χ2n) is 6.42. The van der Waals surface area contributed by atoms with Crippen LogP contribution < -0.4 is 10.5 Å². The van der Waals surface area contributed by atoms with E-state index < -0.39 is 5.56 Å². The van der Waals surface area contributed by atoms with Crippen molar-refractivity contribution in [1.82, 2.24) is 4.57 Å². The molecule has 2 aromatic rings. The number of pyridine rings is 1. The summed E-state index contributed by atoms with van der Waals surface area (Å²) in [7, 11) is 0. The number of benzene rings is 1. The molecule has 5 heteroatoms. The Morgan fingerprint density at radius 3 is 2.54 bits per heavy atom. The molecule has 1 fully saturated rings. The molecule has 5 nitrogen and oxygen atoms in total.